The molecule has 1 heterocycles. The number of aryl methyl sites for hydroxylation is 1. The summed E-state index contributed by atoms with van der Waals surface area (Å²) in [6.45, 7) is 0.962. The predicted molar refractivity (Wildman–Crippen MR) is 77.0 cm³/mol. The lowest BCUT2D eigenvalue weighted by atomic mass is 10.1. The van der Waals surface area contributed by atoms with Crippen LogP contribution in [0.2, 0.25) is 5.02 Å². The van der Waals surface area contributed by atoms with Gasteiger partial charge in [0.1, 0.15) is 0 Å². The van der Waals surface area contributed by atoms with E-state index in [9.17, 15) is 0 Å². The number of rotatable bonds is 3. The molecule has 0 bridgehead atoms. The van der Waals surface area contributed by atoms with E-state index in [0.717, 1.165) is 11.6 Å². The largest absolute Gasteiger partial charge is 0.350 e. The van der Waals surface area contributed by atoms with Crippen LogP contribution in [0.15, 0.2) is 24.4 Å². The lowest BCUT2D eigenvalue weighted by Crippen LogP contribution is -2.25. The summed E-state index contributed by atoms with van der Waals surface area (Å²) in [5.74, 6) is 0. The molecule has 3 heteroatoms. The molecule has 0 spiro atoms. The molecule has 1 aliphatic carbocycles. The van der Waals surface area contributed by atoms with Crippen LogP contribution in [0.1, 0.15) is 31.2 Å². The Morgan fingerprint density at radius 1 is 1.33 bits per heavy atom. The van der Waals surface area contributed by atoms with Crippen LogP contribution in [0.3, 0.4) is 0 Å². The highest BCUT2D eigenvalue weighted by Gasteiger charge is 2.15. The minimum Gasteiger partial charge on any atom is -0.350 e. The second kappa shape index (κ2) is 4.94. The van der Waals surface area contributed by atoms with E-state index in [0.29, 0.717) is 6.04 Å². The van der Waals surface area contributed by atoms with Crippen LogP contribution in [0.25, 0.3) is 10.9 Å². The molecule has 18 heavy (non-hydrogen) atoms. The molecule has 1 fully saturated rings. The molecule has 1 saturated carbocycles. The zero-order chi connectivity index (χ0) is 12.5. The average Bonchev–Trinajstić information content (AvgIpc) is 2.96. The van der Waals surface area contributed by atoms with Gasteiger partial charge in [-0.25, -0.2) is 0 Å². The van der Waals surface area contributed by atoms with Gasteiger partial charge in [0.2, 0.25) is 0 Å². The number of aromatic nitrogens is 1. The quantitative estimate of drug-likeness (QED) is 0.889. The molecule has 0 atom stereocenters. The lowest BCUT2D eigenvalue weighted by molar-refractivity contribution is 0.525. The summed E-state index contributed by atoms with van der Waals surface area (Å²) >= 11 is 6.05. The molecule has 1 aliphatic rings. The molecular formula is C15H19ClN2. The zero-order valence-electron chi connectivity index (χ0n) is 10.7. The van der Waals surface area contributed by atoms with Crippen LogP contribution < -0.4 is 5.32 Å². The van der Waals surface area contributed by atoms with Gasteiger partial charge in [-0.05, 0) is 30.5 Å². The number of benzene rings is 1. The van der Waals surface area contributed by atoms with Crippen LogP contribution in [0.5, 0.6) is 0 Å². The Kier molecular flexibility index (Phi) is 3.31. The number of nitrogens with one attached hydrogen (secondary N) is 1. The zero-order valence-corrected chi connectivity index (χ0v) is 11.5. The molecule has 0 saturated heterocycles. The molecule has 2 nitrogen and oxygen atoms in total. The fraction of sp³-hybridized carbons (Fsp3) is 0.467. The third kappa shape index (κ3) is 2.27. The minimum atomic E-state index is 0.715. The van der Waals surface area contributed by atoms with E-state index in [1.165, 1.54) is 42.1 Å². The predicted octanol–water partition coefficient (Wildman–Crippen LogP) is 3.86. The summed E-state index contributed by atoms with van der Waals surface area (Å²) < 4.78 is 2.16. The summed E-state index contributed by atoms with van der Waals surface area (Å²) in [6, 6.07) is 6.86. The van der Waals surface area contributed by atoms with Crippen molar-refractivity contribution in [3.8, 4) is 0 Å². The summed E-state index contributed by atoms with van der Waals surface area (Å²) in [5, 5.41) is 5.79. The Morgan fingerprint density at radius 2 is 2.11 bits per heavy atom. The van der Waals surface area contributed by atoms with Crippen molar-refractivity contribution < 1.29 is 0 Å². The molecule has 0 aliphatic heterocycles. The highest BCUT2D eigenvalue weighted by Crippen LogP contribution is 2.25. The second-order valence-electron chi connectivity index (χ2n) is 5.29. The monoisotopic (exact) mass is 262 g/mol. The molecule has 0 amide bonds. The maximum atomic E-state index is 6.05. The summed E-state index contributed by atoms with van der Waals surface area (Å²) in [4.78, 5) is 0. The van der Waals surface area contributed by atoms with Crippen LogP contribution in [-0.2, 0) is 13.6 Å². The third-order valence-electron chi connectivity index (χ3n) is 3.97. The van der Waals surface area contributed by atoms with Gasteiger partial charge in [0.15, 0.2) is 0 Å². The maximum Gasteiger partial charge on any atom is 0.0495 e. The van der Waals surface area contributed by atoms with E-state index < -0.39 is 0 Å². The van der Waals surface area contributed by atoms with Gasteiger partial charge >= 0.3 is 0 Å². The molecule has 0 unspecified atom stereocenters. The fourth-order valence-electron chi connectivity index (χ4n) is 2.97. The molecule has 1 aromatic carbocycles. The first-order valence-electron chi connectivity index (χ1n) is 6.71. The summed E-state index contributed by atoms with van der Waals surface area (Å²) in [7, 11) is 2.08. The molecule has 96 valence electrons. The average molecular weight is 263 g/mol. The van der Waals surface area contributed by atoms with Gasteiger partial charge in [-0.3, -0.25) is 0 Å². The first-order valence-corrected chi connectivity index (χ1v) is 7.08. The van der Waals surface area contributed by atoms with Gasteiger partial charge in [0.25, 0.3) is 0 Å². The highest BCUT2D eigenvalue weighted by atomic mass is 35.5. The first-order chi connectivity index (χ1) is 8.74. The van der Waals surface area contributed by atoms with Gasteiger partial charge in [-0.2, -0.15) is 0 Å². The van der Waals surface area contributed by atoms with Gasteiger partial charge in [-0.1, -0.05) is 30.5 Å². The highest BCUT2D eigenvalue weighted by molar-refractivity contribution is 6.31. The van der Waals surface area contributed by atoms with E-state index >= 15 is 0 Å². The molecule has 0 radical (unpaired) electrons. The van der Waals surface area contributed by atoms with Crippen molar-refractivity contribution in [1.82, 2.24) is 9.88 Å². The van der Waals surface area contributed by atoms with Gasteiger partial charge in [0.05, 0.1) is 0 Å². The Hall–Kier alpha value is -0.990. The molecular weight excluding hydrogens is 244 g/mol. The smallest absolute Gasteiger partial charge is 0.0495 e. The molecule has 3 rings (SSSR count). The van der Waals surface area contributed by atoms with Crippen molar-refractivity contribution in [3.05, 3.63) is 35.0 Å². The maximum absolute atomic E-state index is 6.05. The first kappa shape index (κ1) is 12.1. The van der Waals surface area contributed by atoms with E-state index in [2.05, 4.69) is 29.2 Å². The van der Waals surface area contributed by atoms with E-state index in [-0.39, 0.29) is 0 Å². The standard InChI is InChI=1S/C15H19ClN2/c1-18-10-11(9-17-13-4-2-3-5-13)14-7-6-12(16)8-15(14)18/h6-8,10,13,17H,2-5,9H2,1H3. The SMILES string of the molecule is Cn1cc(CNC2CCCC2)c2ccc(Cl)cc21. The van der Waals surface area contributed by atoms with Crippen molar-refractivity contribution in [2.75, 3.05) is 0 Å². The Labute approximate surface area is 113 Å². The third-order valence-corrected chi connectivity index (χ3v) is 4.21. The van der Waals surface area contributed by atoms with Crippen molar-refractivity contribution >= 4 is 22.5 Å². The number of fused-ring (bicyclic) bond motifs is 1. The molecule has 2 aromatic rings. The number of hydrogen-bond donors (Lipinski definition) is 1. The lowest BCUT2D eigenvalue weighted by Gasteiger charge is -2.10. The fourth-order valence-corrected chi connectivity index (χ4v) is 3.13. The molecule has 1 aromatic heterocycles. The Bertz CT molecular complexity index is 553. The van der Waals surface area contributed by atoms with Crippen molar-refractivity contribution in [1.29, 1.82) is 0 Å². The van der Waals surface area contributed by atoms with E-state index in [1.807, 2.05) is 12.1 Å². The summed E-state index contributed by atoms with van der Waals surface area (Å²) in [5.41, 5.74) is 2.58. The molecule has 1 N–H and O–H groups in total. The summed E-state index contributed by atoms with van der Waals surface area (Å²) in [6.07, 6.45) is 7.63. The Morgan fingerprint density at radius 3 is 2.89 bits per heavy atom. The number of nitrogens with zero attached hydrogens (tertiary/aromatic N) is 1. The van der Waals surface area contributed by atoms with E-state index in [4.69, 9.17) is 11.6 Å². The topological polar surface area (TPSA) is 17.0 Å². The minimum absolute atomic E-state index is 0.715. The normalized spacial score (nSPS) is 16.8. The van der Waals surface area contributed by atoms with Crippen LogP contribution >= 0.6 is 11.6 Å². The van der Waals surface area contributed by atoms with Gasteiger partial charge in [-0.15, -0.1) is 0 Å². The second-order valence-corrected chi connectivity index (χ2v) is 5.73. The van der Waals surface area contributed by atoms with Crippen LogP contribution in [0, 0.1) is 0 Å². The van der Waals surface area contributed by atoms with Gasteiger partial charge in [0, 0.05) is 41.8 Å². The van der Waals surface area contributed by atoms with Gasteiger partial charge < -0.3 is 9.88 Å². The van der Waals surface area contributed by atoms with Crippen molar-refractivity contribution in [2.45, 2.75) is 38.3 Å². The van der Waals surface area contributed by atoms with Crippen molar-refractivity contribution in [2.24, 2.45) is 7.05 Å². The van der Waals surface area contributed by atoms with Crippen LogP contribution in [-0.4, -0.2) is 10.6 Å². The van der Waals surface area contributed by atoms with Crippen molar-refractivity contribution in [3.63, 3.8) is 0 Å². The number of hydrogen-bond acceptors (Lipinski definition) is 1. The number of halogens is 1. The van der Waals surface area contributed by atoms with E-state index in [1.54, 1.807) is 0 Å². The van der Waals surface area contributed by atoms with Crippen LogP contribution in [0.4, 0.5) is 0 Å². The Balaban J connectivity index is 1.83.